The van der Waals surface area contributed by atoms with Gasteiger partial charge >= 0.3 is 0 Å². The smallest absolute Gasteiger partial charge is 0.119 e. The minimum atomic E-state index is -1.51. The molecule has 0 saturated carbocycles. The van der Waals surface area contributed by atoms with Crippen LogP contribution in [-0.4, -0.2) is 31.8 Å². The molecular weight excluding hydrogens is 312 g/mol. The van der Waals surface area contributed by atoms with E-state index in [4.69, 9.17) is 4.74 Å². The zero-order chi connectivity index (χ0) is 17.2. The number of para-hydroxylation sites is 1. The highest BCUT2D eigenvalue weighted by Gasteiger charge is 2.32. The Hall–Kier alpha value is -1.10. The summed E-state index contributed by atoms with van der Waals surface area (Å²) in [6.45, 7) is 11.3. The summed E-state index contributed by atoms with van der Waals surface area (Å²) in [5.41, 5.74) is 2.75. The molecule has 0 bridgehead atoms. The van der Waals surface area contributed by atoms with Gasteiger partial charge in [-0.25, -0.2) is 0 Å². The van der Waals surface area contributed by atoms with Crippen LogP contribution < -0.4 is 5.32 Å². The summed E-state index contributed by atoms with van der Waals surface area (Å²) < 4.78 is 8.81. The van der Waals surface area contributed by atoms with Crippen LogP contribution in [-0.2, 0) is 11.2 Å². The zero-order valence-electron chi connectivity index (χ0n) is 15.6. The molecule has 0 spiro atoms. The second-order valence-corrected chi connectivity index (χ2v) is 13.3. The molecule has 2 unspecified atom stereocenters. The third kappa shape index (κ3) is 3.76. The number of piperidine rings is 1. The van der Waals surface area contributed by atoms with Crippen LogP contribution in [0, 0.1) is 0 Å². The molecule has 1 aromatic carbocycles. The summed E-state index contributed by atoms with van der Waals surface area (Å²) in [4.78, 5) is 0. The second-order valence-electron chi connectivity index (χ2n) is 8.09. The Kier molecular flexibility index (Phi) is 5.48. The van der Waals surface area contributed by atoms with Crippen molar-refractivity contribution in [2.24, 2.45) is 0 Å². The quantitative estimate of drug-likeness (QED) is 0.766. The standard InChI is InChI=1S/C20H32N2OSi/c1-5-23-20(24(2,3)4)22-18(15-17-11-8-9-13-21-17)14-16-10-6-7-12-19(16)22/h6-7,10,12,14,17,20-21H,5,8-9,11,13,15H2,1-4H3. The summed E-state index contributed by atoms with van der Waals surface area (Å²) in [6, 6.07) is 11.8. The van der Waals surface area contributed by atoms with Crippen molar-refractivity contribution in [1.29, 1.82) is 0 Å². The summed E-state index contributed by atoms with van der Waals surface area (Å²) in [7, 11) is -1.51. The van der Waals surface area contributed by atoms with E-state index in [0.29, 0.717) is 6.04 Å². The molecule has 3 nitrogen and oxygen atoms in total. The van der Waals surface area contributed by atoms with Gasteiger partial charge in [-0.1, -0.05) is 44.3 Å². The molecule has 1 fully saturated rings. The highest BCUT2D eigenvalue weighted by Crippen LogP contribution is 2.32. The van der Waals surface area contributed by atoms with Crippen molar-refractivity contribution in [3.63, 3.8) is 0 Å². The fourth-order valence-electron chi connectivity index (χ4n) is 3.89. The molecule has 132 valence electrons. The number of nitrogens with zero attached hydrogens (tertiary/aromatic N) is 1. The zero-order valence-corrected chi connectivity index (χ0v) is 16.6. The summed E-state index contributed by atoms with van der Waals surface area (Å²) in [5, 5.41) is 5.05. The van der Waals surface area contributed by atoms with Crippen molar-refractivity contribution in [3.8, 4) is 0 Å². The lowest BCUT2D eigenvalue weighted by molar-refractivity contribution is 0.0647. The van der Waals surface area contributed by atoms with E-state index in [2.05, 4.69) is 66.8 Å². The van der Waals surface area contributed by atoms with Crippen molar-refractivity contribution >= 4 is 19.0 Å². The van der Waals surface area contributed by atoms with E-state index in [1.807, 2.05) is 0 Å². The first kappa shape index (κ1) is 17.7. The molecule has 1 N–H and O–H groups in total. The van der Waals surface area contributed by atoms with Crippen LogP contribution in [0.2, 0.25) is 19.6 Å². The molecule has 0 radical (unpaired) electrons. The lowest BCUT2D eigenvalue weighted by Crippen LogP contribution is -2.40. The normalized spacial score (nSPS) is 20.4. The van der Waals surface area contributed by atoms with Crippen molar-refractivity contribution in [2.75, 3.05) is 13.2 Å². The van der Waals surface area contributed by atoms with Crippen LogP contribution in [0.3, 0.4) is 0 Å². The fourth-order valence-corrected chi connectivity index (χ4v) is 5.63. The van der Waals surface area contributed by atoms with Gasteiger partial charge in [0.2, 0.25) is 0 Å². The topological polar surface area (TPSA) is 26.2 Å². The van der Waals surface area contributed by atoms with Crippen molar-refractivity contribution < 1.29 is 4.74 Å². The maximum Gasteiger partial charge on any atom is 0.119 e. The molecule has 3 rings (SSSR count). The number of fused-ring (bicyclic) bond motifs is 1. The SMILES string of the molecule is CCOC(n1c(CC2CCCCN2)cc2ccccc21)[Si](C)(C)C. The number of ether oxygens (including phenoxy) is 1. The lowest BCUT2D eigenvalue weighted by Gasteiger charge is -2.33. The van der Waals surface area contributed by atoms with E-state index in [1.165, 1.54) is 35.9 Å². The number of benzene rings is 1. The number of rotatable bonds is 6. The first-order chi connectivity index (χ1) is 11.5. The minimum Gasteiger partial charge on any atom is -0.362 e. The van der Waals surface area contributed by atoms with E-state index in [0.717, 1.165) is 19.6 Å². The third-order valence-electron chi connectivity index (χ3n) is 5.00. The van der Waals surface area contributed by atoms with Gasteiger partial charge in [0.25, 0.3) is 0 Å². The molecule has 0 aliphatic carbocycles. The van der Waals surface area contributed by atoms with Gasteiger partial charge in [-0.2, -0.15) is 0 Å². The fraction of sp³-hybridized carbons (Fsp3) is 0.600. The van der Waals surface area contributed by atoms with Gasteiger partial charge in [-0.15, -0.1) is 0 Å². The molecule has 2 atom stereocenters. The van der Waals surface area contributed by atoms with Gasteiger partial charge in [-0.3, -0.25) is 0 Å². The Morgan fingerprint density at radius 2 is 2.04 bits per heavy atom. The van der Waals surface area contributed by atoms with Gasteiger partial charge in [0.05, 0.1) is 5.52 Å². The third-order valence-corrected chi connectivity index (χ3v) is 6.90. The minimum absolute atomic E-state index is 0.195. The molecule has 2 aromatic rings. The molecule has 24 heavy (non-hydrogen) atoms. The summed E-state index contributed by atoms with van der Waals surface area (Å²) >= 11 is 0. The molecule has 1 aromatic heterocycles. The average Bonchev–Trinajstić information content (AvgIpc) is 2.90. The first-order valence-corrected chi connectivity index (χ1v) is 13.0. The number of aromatic nitrogens is 1. The molecule has 1 aliphatic rings. The first-order valence-electron chi connectivity index (χ1n) is 9.44. The van der Waals surface area contributed by atoms with Crippen LogP contribution in [0.25, 0.3) is 10.9 Å². The van der Waals surface area contributed by atoms with Crippen molar-refractivity contribution in [1.82, 2.24) is 9.88 Å². The van der Waals surface area contributed by atoms with Crippen LogP contribution in [0.1, 0.15) is 37.7 Å². The predicted octanol–water partition coefficient (Wildman–Crippen LogP) is 4.74. The number of hydrogen-bond acceptors (Lipinski definition) is 2. The van der Waals surface area contributed by atoms with Gasteiger partial charge < -0.3 is 14.6 Å². The monoisotopic (exact) mass is 344 g/mol. The van der Waals surface area contributed by atoms with Gasteiger partial charge in [-0.05, 0) is 43.8 Å². The Morgan fingerprint density at radius 3 is 2.71 bits per heavy atom. The maximum atomic E-state index is 6.29. The largest absolute Gasteiger partial charge is 0.362 e. The molecule has 2 heterocycles. The van der Waals surface area contributed by atoms with Gasteiger partial charge in [0.15, 0.2) is 0 Å². The van der Waals surface area contributed by atoms with Crippen LogP contribution in [0.5, 0.6) is 0 Å². The second kappa shape index (κ2) is 7.42. The summed E-state index contributed by atoms with van der Waals surface area (Å²) in [5.74, 6) is 0.195. The molecule has 4 heteroatoms. The van der Waals surface area contributed by atoms with Crippen LogP contribution in [0.15, 0.2) is 30.3 Å². The Balaban J connectivity index is 2.03. The van der Waals surface area contributed by atoms with E-state index in [-0.39, 0.29) is 5.85 Å². The molecule has 1 saturated heterocycles. The van der Waals surface area contributed by atoms with E-state index < -0.39 is 8.07 Å². The van der Waals surface area contributed by atoms with Crippen LogP contribution in [0.4, 0.5) is 0 Å². The van der Waals surface area contributed by atoms with E-state index in [9.17, 15) is 0 Å². The Bertz CT molecular complexity index is 668. The Morgan fingerprint density at radius 1 is 1.25 bits per heavy atom. The molecule has 0 amide bonds. The van der Waals surface area contributed by atoms with E-state index in [1.54, 1.807) is 0 Å². The average molecular weight is 345 g/mol. The van der Waals surface area contributed by atoms with Crippen molar-refractivity contribution in [2.45, 2.75) is 64.1 Å². The van der Waals surface area contributed by atoms with Crippen molar-refractivity contribution in [3.05, 3.63) is 36.0 Å². The molecular formula is C20H32N2OSi. The summed E-state index contributed by atoms with van der Waals surface area (Å²) in [6.07, 6.45) is 5.05. The molecule has 1 aliphatic heterocycles. The highest BCUT2D eigenvalue weighted by molar-refractivity contribution is 6.76. The number of nitrogens with one attached hydrogen (secondary N) is 1. The maximum absolute atomic E-state index is 6.29. The number of hydrogen-bond donors (Lipinski definition) is 1. The highest BCUT2D eigenvalue weighted by atomic mass is 28.3. The van der Waals surface area contributed by atoms with Gasteiger partial charge in [0.1, 0.15) is 13.9 Å². The van der Waals surface area contributed by atoms with Crippen LogP contribution >= 0.6 is 0 Å². The van der Waals surface area contributed by atoms with Gasteiger partial charge in [0, 0.05) is 24.8 Å². The lowest BCUT2D eigenvalue weighted by atomic mass is 10.0. The van der Waals surface area contributed by atoms with E-state index >= 15 is 0 Å². The predicted molar refractivity (Wildman–Crippen MR) is 105 cm³/mol. The Labute approximate surface area is 147 Å².